The van der Waals surface area contributed by atoms with Crippen LogP contribution in [0.4, 0.5) is 0 Å². The van der Waals surface area contributed by atoms with Crippen molar-refractivity contribution in [2.24, 2.45) is 16.1 Å². The first kappa shape index (κ1) is 15.7. The Balaban J connectivity index is 1.93. The van der Waals surface area contributed by atoms with Crippen LogP contribution in [0, 0.1) is 5.41 Å². The molecule has 1 aromatic heterocycles. The molecule has 2 aromatic rings. The smallest absolute Gasteiger partial charge is 0.261 e. The number of hydrogen-bond donors (Lipinski definition) is 1. The summed E-state index contributed by atoms with van der Waals surface area (Å²) in [7, 11) is 1.69. The maximum Gasteiger partial charge on any atom is 0.261 e. The molecule has 1 aliphatic carbocycles. The van der Waals surface area contributed by atoms with Gasteiger partial charge in [0.05, 0.1) is 0 Å². The van der Waals surface area contributed by atoms with E-state index in [4.69, 9.17) is 5.73 Å². The number of aromatic nitrogens is 2. The number of nitrogens with zero attached hydrogens (tertiary/aromatic N) is 4. The van der Waals surface area contributed by atoms with Crippen LogP contribution in [0.3, 0.4) is 0 Å². The molecular formula is C19H21N5O. The van der Waals surface area contributed by atoms with E-state index >= 15 is 0 Å². The average molecular weight is 335 g/mol. The van der Waals surface area contributed by atoms with Crippen molar-refractivity contribution in [2.75, 3.05) is 7.05 Å². The molecule has 128 valence electrons. The second kappa shape index (κ2) is 5.12. The van der Waals surface area contributed by atoms with Crippen LogP contribution < -0.4 is 5.73 Å². The second-order valence-electron chi connectivity index (χ2n) is 7.71. The molecule has 1 aromatic carbocycles. The zero-order chi connectivity index (χ0) is 17.8. The fourth-order valence-corrected chi connectivity index (χ4v) is 4.10. The first-order valence-corrected chi connectivity index (χ1v) is 8.35. The molecular weight excluding hydrogens is 314 g/mol. The molecule has 2 aliphatic rings. The van der Waals surface area contributed by atoms with Gasteiger partial charge in [-0.3, -0.25) is 9.69 Å². The molecule has 0 fully saturated rings. The monoisotopic (exact) mass is 335 g/mol. The van der Waals surface area contributed by atoms with Crippen molar-refractivity contribution < 1.29 is 4.79 Å². The number of carbonyl (C=O) groups is 1. The van der Waals surface area contributed by atoms with E-state index in [0.717, 1.165) is 28.7 Å². The molecule has 2 N–H and O–H groups in total. The Bertz CT molecular complexity index is 890. The average Bonchev–Trinajstić information content (AvgIpc) is 2.79. The van der Waals surface area contributed by atoms with E-state index in [0.29, 0.717) is 6.42 Å². The number of nitrogens with two attached hydrogens (primary N) is 1. The number of fused-ring (bicyclic) bond motifs is 2. The molecule has 0 saturated heterocycles. The predicted molar refractivity (Wildman–Crippen MR) is 95.6 cm³/mol. The summed E-state index contributed by atoms with van der Waals surface area (Å²) in [6.45, 7) is 4.35. The normalized spacial score (nSPS) is 24.4. The van der Waals surface area contributed by atoms with E-state index in [1.807, 2.05) is 0 Å². The Morgan fingerprint density at radius 1 is 1.16 bits per heavy atom. The highest BCUT2D eigenvalue weighted by atomic mass is 16.2. The highest BCUT2D eigenvalue weighted by molar-refractivity contribution is 6.07. The van der Waals surface area contributed by atoms with E-state index in [2.05, 4.69) is 47.0 Å². The van der Waals surface area contributed by atoms with Crippen LogP contribution in [0.15, 0.2) is 41.9 Å². The third-order valence-corrected chi connectivity index (χ3v) is 5.16. The summed E-state index contributed by atoms with van der Waals surface area (Å²) in [4.78, 5) is 27.4. The summed E-state index contributed by atoms with van der Waals surface area (Å²) in [5.74, 6) is 0.225. The van der Waals surface area contributed by atoms with E-state index < -0.39 is 5.54 Å². The number of benzene rings is 1. The van der Waals surface area contributed by atoms with Crippen LogP contribution >= 0.6 is 0 Å². The van der Waals surface area contributed by atoms with Gasteiger partial charge in [0, 0.05) is 25.0 Å². The van der Waals surface area contributed by atoms with Gasteiger partial charge in [-0.25, -0.2) is 15.0 Å². The molecule has 6 heteroatoms. The molecule has 1 amide bonds. The number of likely N-dealkylation sites (N-methyl/N-ethyl adjacent to an activating group) is 1. The van der Waals surface area contributed by atoms with E-state index in [1.165, 1.54) is 11.2 Å². The van der Waals surface area contributed by atoms with Gasteiger partial charge in [0.25, 0.3) is 5.91 Å². The molecule has 1 unspecified atom stereocenters. The summed E-state index contributed by atoms with van der Waals surface area (Å²) in [5, 5.41) is 0. The molecule has 0 saturated carbocycles. The van der Waals surface area contributed by atoms with E-state index in [-0.39, 0.29) is 17.3 Å². The molecule has 1 aliphatic heterocycles. The summed E-state index contributed by atoms with van der Waals surface area (Å²) < 4.78 is 0. The topological polar surface area (TPSA) is 84.5 Å². The minimum absolute atomic E-state index is 0.0327. The van der Waals surface area contributed by atoms with E-state index in [9.17, 15) is 4.79 Å². The van der Waals surface area contributed by atoms with Crippen molar-refractivity contribution in [3.63, 3.8) is 0 Å². The lowest BCUT2D eigenvalue weighted by molar-refractivity contribution is -0.132. The lowest BCUT2D eigenvalue weighted by atomic mass is 9.65. The van der Waals surface area contributed by atoms with Crippen molar-refractivity contribution in [2.45, 2.75) is 32.2 Å². The van der Waals surface area contributed by atoms with Crippen LogP contribution in [0.1, 0.15) is 31.4 Å². The maximum atomic E-state index is 13.1. The minimum Gasteiger partial charge on any atom is -0.369 e. The summed E-state index contributed by atoms with van der Waals surface area (Å²) >= 11 is 0. The molecule has 1 spiro atoms. The zero-order valence-corrected chi connectivity index (χ0v) is 14.7. The third-order valence-electron chi connectivity index (χ3n) is 5.16. The van der Waals surface area contributed by atoms with Gasteiger partial charge in [-0.1, -0.05) is 26.0 Å². The van der Waals surface area contributed by atoms with Crippen molar-refractivity contribution in [3.05, 3.63) is 48.0 Å². The Hall–Kier alpha value is -2.76. The number of guanidine groups is 1. The molecule has 0 radical (unpaired) electrons. The zero-order valence-electron chi connectivity index (χ0n) is 14.7. The highest BCUT2D eigenvalue weighted by Gasteiger charge is 2.54. The predicted octanol–water partition coefficient (Wildman–Crippen LogP) is 2.10. The lowest BCUT2D eigenvalue weighted by Gasteiger charge is -2.41. The Labute approximate surface area is 146 Å². The number of amides is 1. The van der Waals surface area contributed by atoms with Crippen LogP contribution in [0.2, 0.25) is 0 Å². The third kappa shape index (κ3) is 2.32. The number of aliphatic imine (C=N–C) groups is 1. The van der Waals surface area contributed by atoms with Gasteiger partial charge in [0.1, 0.15) is 6.33 Å². The first-order valence-electron chi connectivity index (χ1n) is 8.35. The Morgan fingerprint density at radius 3 is 2.52 bits per heavy atom. The van der Waals surface area contributed by atoms with Crippen LogP contribution in [-0.4, -0.2) is 33.8 Å². The first-order chi connectivity index (χ1) is 11.8. The highest BCUT2D eigenvalue weighted by Crippen LogP contribution is 2.50. The van der Waals surface area contributed by atoms with Gasteiger partial charge in [0.2, 0.25) is 0 Å². The standard InChI is InChI=1S/C19H21N5O/c1-18(2)7-13-5-4-12(14-8-21-11-22-9-14)6-15(13)19(10-18)16(25)24(3)17(20)23-19/h4-6,8-9,11H,7,10H2,1-3H3,(H2,20,23). The number of rotatable bonds is 1. The number of hydrogen-bond acceptors (Lipinski definition) is 5. The van der Waals surface area contributed by atoms with Crippen molar-refractivity contribution in [1.29, 1.82) is 0 Å². The van der Waals surface area contributed by atoms with Gasteiger partial charge in [-0.2, -0.15) is 0 Å². The van der Waals surface area contributed by atoms with Gasteiger partial charge < -0.3 is 5.73 Å². The SMILES string of the molecule is CN1C(=O)C2(CC(C)(C)Cc3ccc(-c4cncnc4)cc32)N=C1N. The molecule has 2 heterocycles. The quantitative estimate of drug-likeness (QED) is 0.865. The van der Waals surface area contributed by atoms with Crippen LogP contribution in [0.5, 0.6) is 0 Å². The van der Waals surface area contributed by atoms with Crippen molar-refractivity contribution >= 4 is 11.9 Å². The van der Waals surface area contributed by atoms with Gasteiger partial charge in [0.15, 0.2) is 11.5 Å². The van der Waals surface area contributed by atoms with Crippen LogP contribution in [-0.2, 0) is 16.8 Å². The van der Waals surface area contributed by atoms with E-state index in [1.54, 1.807) is 19.4 Å². The summed E-state index contributed by atoms with van der Waals surface area (Å²) in [5.41, 5.74) is 9.04. The molecule has 4 rings (SSSR count). The largest absolute Gasteiger partial charge is 0.369 e. The molecule has 6 nitrogen and oxygen atoms in total. The Kier molecular flexibility index (Phi) is 3.22. The summed E-state index contributed by atoms with van der Waals surface area (Å²) in [6.07, 6.45) is 6.60. The van der Waals surface area contributed by atoms with Gasteiger partial charge >= 0.3 is 0 Å². The van der Waals surface area contributed by atoms with Crippen molar-refractivity contribution in [3.8, 4) is 11.1 Å². The van der Waals surface area contributed by atoms with Gasteiger partial charge in [-0.15, -0.1) is 0 Å². The van der Waals surface area contributed by atoms with Crippen LogP contribution in [0.25, 0.3) is 11.1 Å². The lowest BCUT2D eigenvalue weighted by Crippen LogP contribution is -2.46. The molecule has 25 heavy (non-hydrogen) atoms. The summed E-state index contributed by atoms with van der Waals surface area (Å²) in [6, 6.07) is 6.21. The molecule has 0 bridgehead atoms. The van der Waals surface area contributed by atoms with Gasteiger partial charge in [-0.05, 0) is 41.0 Å². The second-order valence-corrected chi connectivity index (χ2v) is 7.71. The fraction of sp³-hybridized carbons (Fsp3) is 0.368. The minimum atomic E-state index is -0.929. The maximum absolute atomic E-state index is 13.1. The van der Waals surface area contributed by atoms with Crippen molar-refractivity contribution in [1.82, 2.24) is 14.9 Å². The number of carbonyl (C=O) groups excluding carboxylic acids is 1. The molecule has 1 atom stereocenters. The Morgan fingerprint density at radius 2 is 1.88 bits per heavy atom. The fourth-order valence-electron chi connectivity index (χ4n) is 4.10.